The lowest BCUT2D eigenvalue weighted by atomic mass is 10.3. The molecule has 0 atom stereocenters. The standard InChI is InChI=1S/C11H13N3O4S/c1-14(2)7-13-19(16,17)11-3-8-5-12-9(6-15)4-10(8)18-11/h3-5,7,15H,6H2,1-2H3/b13-7+. The highest BCUT2D eigenvalue weighted by Crippen LogP contribution is 2.23. The summed E-state index contributed by atoms with van der Waals surface area (Å²) in [6, 6.07) is 2.84. The number of fused-ring (bicyclic) bond motifs is 1. The normalized spacial score (nSPS) is 12.4. The fourth-order valence-electron chi connectivity index (χ4n) is 1.37. The number of pyridine rings is 1. The maximum absolute atomic E-state index is 11.9. The summed E-state index contributed by atoms with van der Waals surface area (Å²) in [6.45, 7) is -0.239. The number of hydrogen-bond acceptors (Lipinski definition) is 5. The molecular formula is C11H13N3O4S. The minimum atomic E-state index is -3.87. The third-order valence-electron chi connectivity index (χ3n) is 2.27. The Morgan fingerprint density at radius 3 is 2.84 bits per heavy atom. The number of aliphatic hydroxyl groups is 1. The minimum Gasteiger partial charge on any atom is -0.443 e. The molecule has 0 fully saturated rings. The number of furan rings is 1. The van der Waals surface area contributed by atoms with E-state index in [0.717, 1.165) is 0 Å². The van der Waals surface area contributed by atoms with E-state index in [-0.39, 0.29) is 11.7 Å². The number of aromatic nitrogens is 1. The van der Waals surface area contributed by atoms with Gasteiger partial charge in [-0.05, 0) is 0 Å². The van der Waals surface area contributed by atoms with Gasteiger partial charge in [-0.25, -0.2) is 0 Å². The average Bonchev–Trinajstić information content (AvgIpc) is 2.80. The molecule has 2 rings (SSSR count). The van der Waals surface area contributed by atoms with Crippen molar-refractivity contribution in [3.05, 3.63) is 24.0 Å². The van der Waals surface area contributed by atoms with Crippen LogP contribution in [0.25, 0.3) is 11.0 Å². The van der Waals surface area contributed by atoms with Crippen LogP contribution >= 0.6 is 0 Å². The van der Waals surface area contributed by atoms with Crippen LogP contribution in [0.3, 0.4) is 0 Å². The first kappa shape index (κ1) is 13.5. The summed E-state index contributed by atoms with van der Waals surface area (Å²) in [4.78, 5) is 5.45. The van der Waals surface area contributed by atoms with E-state index >= 15 is 0 Å². The highest BCUT2D eigenvalue weighted by atomic mass is 32.2. The fourth-order valence-corrected chi connectivity index (χ4v) is 2.26. The van der Waals surface area contributed by atoms with E-state index in [1.807, 2.05) is 0 Å². The second-order valence-electron chi connectivity index (χ2n) is 4.10. The van der Waals surface area contributed by atoms with Crippen molar-refractivity contribution in [3.8, 4) is 0 Å². The van der Waals surface area contributed by atoms with Crippen LogP contribution in [0.2, 0.25) is 0 Å². The number of aliphatic hydroxyl groups excluding tert-OH is 1. The van der Waals surface area contributed by atoms with E-state index in [2.05, 4.69) is 9.38 Å². The first-order valence-corrected chi connectivity index (χ1v) is 6.82. The van der Waals surface area contributed by atoms with Gasteiger partial charge in [-0.1, -0.05) is 0 Å². The van der Waals surface area contributed by atoms with E-state index in [0.29, 0.717) is 16.7 Å². The smallest absolute Gasteiger partial charge is 0.317 e. The van der Waals surface area contributed by atoms with E-state index < -0.39 is 10.0 Å². The zero-order chi connectivity index (χ0) is 14.0. The molecule has 0 unspecified atom stereocenters. The van der Waals surface area contributed by atoms with Crippen molar-refractivity contribution in [3.63, 3.8) is 0 Å². The molecule has 0 aromatic carbocycles. The van der Waals surface area contributed by atoms with Gasteiger partial charge in [-0.2, -0.15) is 8.42 Å². The Hall–Kier alpha value is -1.93. The summed E-state index contributed by atoms with van der Waals surface area (Å²) in [7, 11) is -0.542. The molecule has 2 aromatic heterocycles. The number of sulfonamides is 1. The Morgan fingerprint density at radius 2 is 2.21 bits per heavy atom. The number of hydrogen-bond donors (Lipinski definition) is 1. The van der Waals surface area contributed by atoms with E-state index in [1.54, 1.807) is 14.1 Å². The number of nitrogens with zero attached hydrogens (tertiary/aromatic N) is 3. The lowest BCUT2D eigenvalue weighted by Gasteiger charge is -2.01. The molecule has 2 heterocycles. The Balaban J connectivity index is 2.46. The molecule has 0 spiro atoms. The van der Waals surface area contributed by atoms with Gasteiger partial charge >= 0.3 is 10.0 Å². The van der Waals surface area contributed by atoms with Gasteiger partial charge in [0.05, 0.1) is 12.3 Å². The molecule has 0 bridgehead atoms. The average molecular weight is 283 g/mol. The van der Waals surface area contributed by atoms with Gasteiger partial charge in [0.2, 0.25) is 5.09 Å². The molecule has 8 heteroatoms. The lowest BCUT2D eigenvalue weighted by molar-refractivity contribution is 0.277. The maximum atomic E-state index is 11.9. The predicted octanol–water partition coefficient (Wildman–Crippen LogP) is 0.599. The molecule has 0 saturated carbocycles. The molecule has 2 aromatic rings. The zero-order valence-corrected chi connectivity index (χ0v) is 11.3. The molecule has 0 aliphatic heterocycles. The van der Waals surface area contributed by atoms with Crippen molar-refractivity contribution < 1.29 is 17.9 Å². The summed E-state index contributed by atoms with van der Waals surface area (Å²) < 4.78 is 32.5. The Bertz CT molecular complexity index is 719. The van der Waals surface area contributed by atoms with Gasteiger partial charge in [0.1, 0.15) is 11.9 Å². The first-order valence-electron chi connectivity index (χ1n) is 5.38. The van der Waals surface area contributed by atoms with Crippen LogP contribution in [0, 0.1) is 0 Å². The Labute approximate surface area is 110 Å². The van der Waals surface area contributed by atoms with Crippen LogP contribution < -0.4 is 0 Å². The molecule has 102 valence electrons. The van der Waals surface area contributed by atoms with E-state index in [4.69, 9.17) is 9.52 Å². The summed E-state index contributed by atoms with van der Waals surface area (Å²) >= 11 is 0. The SMILES string of the molecule is CN(C)/C=N/S(=O)(=O)c1cc2cnc(CO)cc2o1. The Kier molecular flexibility index (Phi) is 3.54. The van der Waals surface area contributed by atoms with Gasteiger partial charge in [-0.3, -0.25) is 4.98 Å². The number of rotatable bonds is 4. The summed E-state index contributed by atoms with van der Waals surface area (Å²) in [5.74, 6) is 0. The highest BCUT2D eigenvalue weighted by molar-refractivity contribution is 7.90. The van der Waals surface area contributed by atoms with Gasteiger partial charge in [0.15, 0.2) is 0 Å². The van der Waals surface area contributed by atoms with Crippen LogP contribution in [0.5, 0.6) is 0 Å². The monoisotopic (exact) mass is 283 g/mol. The minimum absolute atomic E-state index is 0.239. The maximum Gasteiger partial charge on any atom is 0.317 e. The molecular weight excluding hydrogens is 270 g/mol. The van der Waals surface area contributed by atoms with Gasteiger partial charge in [0.25, 0.3) is 0 Å². The molecule has 0 radical (unpaired) electrons. The molecule has 7 nitrogen and oxygen atoms in total. The van der Waals surface area contributed by atoms with Crippen LogP contribution in [0.1, 0.15) is 5.69 Å². The largest absolute Gasteiger partial charge is 0.443 e. The van der Waals surface area contributed by atoms with E-state index in [9.17, 15) is 8.42 Å². The van der Waals surface area contributed by atoms with Crippen molar-refractivity contribution in [2.24, 2.45) is 4.40 Å². The topological polar surface area (TPSA) is 96.0 Å². The van der Waals surface area contributed by atoms with E-state index in [1.165, 1.54) is 29.6 Å². The van der Waals surface area contributed by atoms with Crippen LogP contribution in [0.15, 0.2) is 32.2 Å². The van der Waals surface area contributed by atoms with Crippen LogP contribution in [-0.4, -0.2) is 43.8 Å². The molecule has 0 saturated heterocycles. The van der Waals surface area contributed by atoms with Crippen molar-refractivity contribution in [2.75, 3.05) is 14.1 Å². The zero-order valence-electron chi connectivity index (χ0n) is 10.4. The fraction of sp³-hybridized carbons (Fsp3) is 0.273. The molecule has 1 N–H and O–H groups in total. The Morgan fingerprint density at radius 1 is 1.47 bits per heavy atom. The summed E-state index contributed by atoms with van der Waals surface area (Å²) in [5.41, 5.74) is 0.750. The molecule has 0 aliphatic carbocycles. The third-order valence-corrected chi connectivity index (χ3v) is 3.35. The third kappa shape index (κ3) is 2.91. The van der Waals surface area contributed by atoms with Gasteiger partial charge in [0, 0.05) is 37.8 Å². The molecule has 0 aliphatic rings. The molecule has 19 heavy (non-hydrogen) atoms. The van der Waals surface area contributed by atoms with Crippen molar-refractivity contribution in [2.45, 2.75) is 11.7 Å². The highest BCUT2D eigenvalue weighted by Gasteiger charge is 2.18. The van der Waals surface area contributed by atoms with Gasteiger partial charge in [-0.15, -0.1) is 4.40 Å². The first-order chi connectivity index (χ1) is 8.92. The predicted molar refractivity (Wildman–Crippen MR) is 69.3 cm³/mol. The lowest BCUT2D eigenvalue weighted by Crippen LogP contribution is -2.09. The van der Waals surface area contributed by atoms with Gasteiger partial charge < -0.3 is 14.4 Å². The van der Waals surface area contributed by atoms with Crippen molar-refractivity contribution in [1.82, 2.24) is 9.88 Å². The summed E-state index contributed by atoms with van der Waals surface area (Å²) in [6.07, 6.45) is 2.62. The summed E-state index contributed by atoms with van der Waals surface area (Å²) in [5, 5.41) is 9.24. The van der Waals surface area contributed by atoms with Crippen molar-refractivity contribution in [1.29, 1.82) is 0 Å². The van der Waals surface area contributed by atoms with Crippen molar-refractivity contribution >= 4 is 27.3 Å². The second-order valence-corrected chi connectivity index (χ2v) is 5.66. The van der Waals surface area contributed by atoms with Crippen LogP contribution in [0.4, 0.5) is 0 Å². The quantitative estimate of drug-likeness (QED) is 0.652. The van der Waals surface area contributed by atoms with Crippen LogP contribution in [-0.2, 0) is 16.6 Å². The molecule has 0 amide bonds. The second kappa shape index (κ2) is 4.98.